The van der Waals surface area contributed by atoms with Crippen LogP contribution in [0.25, 0.3) is 0 Å². The van der Waals surface area contributed by atoms with Gasteiger partial charge in [-0.3, -0.25) is 4.79 Å². The molecule has 0 atom stereocenters. The lowest BCUT2D eigenvalue weighted by atomic mass is 10.2. The molecule has 1 aliphatic rings. The van der Waals surface area contributed by atoms with Crippen LogP contribution in [0.5, 0.6) is 0 Å². The summed E-state index contributed by atoms with van der Waals surface area (Å²) in [5.74, 6) is -0.123. The van der Waals surface area contributed by atoms with Crippen molar-refractivity contribution >= 4 is 17.3 Å². The Balaban J connectivity index is 2.05. The predicted molar refractivity (Wildman–Crippen MR) is 74.6 cm³/mol. The zero-order chi connectivity index (χ0) is 13.5. The molecule has 1 amide bonds. The van der Waals surface area contributed by atoms with Crippen molar-refractivity contribution in [3.8, 4) is 0 Å². The molecule has 1 aromatic rings. The van der Waals surface area contributed by atoms with Crippen molar-refractivity contribution in [2.45, 2.75) is 6.92 Å². The number of amides is 1. The van der Waals surface area contributed by atoms with Crippen molar-refractivity contribution in [1.29, 1.82) is 0 Å². The fraction of sp³-hybridized carbons (Fsp3) is 0.500. The summed E-state index contributed by atoms with van der Waals surface area (Å²) in [7, 11) is 0. The van der Waals surface area contributed by atoms with Crippen molar-refractivity contribution in [1.82, 2.24) is 0 Å². The third kappa shape index (κ3) is 3.94. The number of rotatable bonds is 5. The summed E-state index contributed by atoms with van der Waals surface area (Å²) in [5, 5.41) is 2.90. The van der Waals surface area contributed by atoms with E-state index in [0.29, 0.717) is 6.61 Å². The van der Waals surface area contributed by atoms with Crippen LogP contribution >= 0.6 is 0 Å². The van der Waals surface area contributed by atoms with Crippen LogP contribution in [0.4, 0.5) is 11.4 Å². The molecule has 0 aliphatic carbocycles. The Morgan fingerprint density at radius 1 is 1.37 bits per heavy atom. The predicted octanol–water partition coefficient (Wildman–Crippen LogP) is 1.50. The molecule has 19 heavy (non-hydrogen) atoms. The minimum atomic E-state index is -0.123. The molecule has 0 spiro atoms. The highest BCUT2D eigenvalue weighted by Crippen LogP contribution is 2.26. The third-order valence-corrected chi connectivity index (χ3v) is 2.97. The number of ether oxygens (including phenoxy) is 2. The molecule has 2 rings (SSSR count). The lowest BCUT2D eigenvalue weighted by Crippen LogP contribution is -2.36. The Labute approximate surface area is 113 Å². The Kier molecular flexibility index (Phi) is 5.18. The van der Waals surface area contributed by atoms with Gasteiger partial charge in [-0.1, -0.05) is 12.1 Å². The Morgan fingerprint density at radius 3 is 2.84 bits per heavy atom. The fourth-order valence-electron chi connectivity index (χ4n) is 2.04. The first kappa shape index (κ1) is 13.8. The Bertz CT molecular complexity index is 417. The summed E-state index contributed by atoms with van der Waals surface area (Å²) < 4.78 is 10.5. The van der Waals surface area contributed by atoms with Gasteiger partial charge in [0.2, 0.25) is 5.91 Å². The summed E-state index contributed by atoms with van der Waals surface area (Å²) in [4.78, 5) is 13.9. The molecule has 1 saturated heterocycles. The standard InChI is InChI=1S/C14H20N2O3/c1-2-18-11-14(17)15-12-5-3-4-6-13(12)16-7-9-19-10-8-16/h3-6H,2,7-11H2,1H3,(H,15,17). The van der Waals surface area contributed by atoms with Crippen molar-refractivity contribution in [3.63, 3.8) is 0 Å². The van der Waals surface area contributed by atoms with E-state index >= 15 is 0 Å². The maximum atomic E-state index is 11.7. The molecule has 1 aromatic carbocycles. The minimum Gasteiger partial charge on any atom is -0.378 e. The molecule has 104 valence electrons. The zero-order valence-corrected chi connectivity index (χ0v) is 11.2. The zero-order valence-electron chi connectivity index (χ0n) is 11.2. The normalized spacial score (nSPS) is 15.3. The monoisotopic (exact) mass is 264 g/mol. The van der Waals surface area contributed by atoms with Crippen LogP contribution in [-0.4, -0.2) is 45.4 Å². The van der Waals surface area contributed by atoms with Gasteiger partial charge >= 0.3 is 0 Å². The van der Waals surface area contributed by atoms with Crippen LogP contribution in [0, 0.1) is 0 Å². The average Bonchev–Trinajstić information content (AvgIpc) is 2.46. The largest absolute Gasteiger partial charge is 0.378 e. The molecule has 0 saturated carbocycles. The number of morpholine rings is 1. The number of anilines is 2. The quantitative estimate of drug-likeness (QED) is 0.875. The summed E-state index contributed by atoms with van der Waals surface area (Å²) in [6.07, 6.45) is 0. The van der Waals surface area contributed by atoms with Crippen LogP contribution in [0.1, 0.15) is 6.92 Å². The lowest BCUT2D eigenvalue weighted by molar-refractivity contribution is -0.120. The molecule has 0 unspecified atom stereocenters. The second kappa shape index (κ2) is 7.11. The van der Waals surface area contributed by atoms with Gasteiger partial charge in [0.1, 0.15) is 6.61 Å². The van der Waals surface area contributed by atoms with E-state index in [4.69, 9.17) is 9.47 Å². The van der Waals surface area contributed by atoms with E-state index in [0.717, 1.165) is 37.7 Å². The first-order valence-electron chi connectivity index (χ1n) is 6.60. The summed E-state index contributed by atoms with van der Waals surface area (Å²) in [6, 6.07) is 7.82. The molecule has 1 N–H and O–H groups in total. The van der Waals surface area contributed by atoms with E-state index in [1.807, 2.05) is 31.2 Å². The molecule has 0 bridgehead atoms. The SMILES string of the molecule is CCOCC(=O)Nc1ccccc1N1CCOCC1. The summed E-state index contributed by atoms with van der Waals surface area (Å²) in [5.41, 5.74) is 1.87. The highest BCUT2D eigenvalue weighted by atomic mass is 16.5. The van der Waals surface area contributed by atoms with Gasteiger partial charge in [-0.15, -0.1) is 0 Å². The van der Waals surface area contributed by atoms with Gasteiger partial charge in [-0.25, -0.2) is 0 Å². The van der Waals surface area contributed by atoms with Crippen molar-refractivity contribution < 1.29 is 14.3 Å². The van der Waals surface area contributed by atoms with Gasteiger partial charge < -0.3 is 19.7 Å². The second-order valence-electron chi connectivity index (χ2n) is 4.30. The lowest BCUT2D eigenvalue weighted by Gasteiger charge is -2.30. The molecule has 0 aromatic heterocycles. The van der Waals surface area contributed by atoms with Gasteiger partial charge in [0.25, 0.3) is 0 Å². The van der Waals surface area contributed by atoms with Crippen molar-refractivity contribution in [2.75, 3.05) is 49.7 Å². The topological polar surface area (TPSA) is 50.8 Å². The van der Waals surface area contributed by atoms with Crippen molar-refractivity contribution in [2.24, 2.45) is 0 Å². The minimum absolute atomic E-state index is 0.0912. The van der Waals surface area contributed by atoms with Crippen LogP contribution in [0.15, 0.2) is 24.3 Å². The summed E-state index contributed by atoms with van der Waals surface area (Å²) in [6.45, 7) is 5.64. The van der Waals surface area contributed by atoms with E-state index in [-0.39, 0.29) is 12.5 Å². The van der Waals surface area contributed by atoms with Gasteiger partial charge in [0.05, 0.1) is 24.6 Å². The van der Waals surface area contributed by atoms with Gasteiger partial charge in [0.15, 0.2) is 0 Å². The highest BCUT2D eigenvalue weighted by Gasteiger charge is 2.15. The number of carbonyl (C=O) groups is 1. The maximum absolute atomic E-state index is 11.7. The van der Waals surface area contributed by atoms with Gasteiger partial charge in [-0.2, -0.15) is 0 Å². The Hall–Kier alpha value is -1.59. The number of nitrogens with one attached hydrogen (secondary N) is 1. The first-order chi connectivity index (χ1) is 9.31. The Morgan fingerprint density at radius 2 is 2.11 bits per heavy atom. The van der Waals surface area contributed by atoms with E-state index in [1.165, 1.54) is 0 Å². The first-order valence-corrected chi connectivity index (χ1v) is 6.60. The number of hydrogen-bond donors (Lipinski definition) is 1. The number of hydrogen-bond acceptors (Lipinski definition) is 4. The van der Waals surface area contributed by atoms with Crippen LogP contribution in [0.3, 0.4) is 0 Å². The molecule has 0 radical (unpaired) electrons. The fourth-order valence-corrected chi connectivity index (χ4v) is 2.04. The molecule has 1 heterocycles. The van der Waals surface area contributed by atoms with Crippen LogP contribution < -0.4 is 10.2 Å². The molecule has 5 nitrogen and oxygen atoms in total. The number of benzene rings is 1. The number of carbonyl (C=O) groups excluding carboxylic acids is 1. The molecule has 1 fully saturated rings. The van der Waals surface area contributed by atoms with E-state index in [9.17, 15) is 4.79 Å². The number of para-hydroxylation sites is 2. The van der Waals surface area contributed by atoms with Gasteiger partial charge in [0, 0.05) is 19.7 Å². The van der Waals surface area contributed by atoms with Crippen LogP contribution in [-0.2, 0) is 14.3 Å². The molecule has 5 heteroatoms. The second-order valence-corrected chi connectivity index (χ2v) is 4.30. The van der Waals surface area contributed by atoms with E-state index in [2.05, 4.69) is 10.2 Å². The average molecular weight is 264 g/mol. The molecule has 1 aliphatic heterocycles. The van der Waals surface area contributed by atoms with Crippen LogP contribution in [0.2, 0.25) is 0 Å². The van der Waals surface area contributed by atoms with E-state index in [1.54, 1.807) is 0 Å². The highest BCUT2D eigenvalue weighted by molar-refractivity contribution is 5.95. The summed E-state index contributed by atoms with van der Waals surface area (Å²) >= 11 is 0. The number of nitrogens with zero attached hydrogens (tertiary/aromatic N) is 1. The molecular weight excluding hydrogens is 244 g/mol. The smallest absolute Gasteiger partial charge is 0.250 e. The maximum Gasteiger partial charge on any atom is 0.250 e. The van der Waals surface area contributed by atoms with E-state index < -0.39 is 0 Å². The third-order valence-electron chi connectivity index (χ3n) is 2.97. The molecular formula is C14H20N2O3. The van der Waals surface area contributed by atoms with Gasteiger partial charge in [-0.05, 0) is 19.1 Å². The van der Waals surface area contributed by atoms with Crippen molar-refractivity contribution in [3.05, 3.63) is 24.3 Å².